The zero-order chi connectivity index (χ0) is 15.5. The summed E-state index contributed by atoms with van der Waals surface area (Å²) in [6, 6.07) is 1.93. The van der Waals surface area contributed by atoms with Gasteiger partial charge in [-0.25, -0.2) is 12.8 Å². The molecule has 0 aliphatic rings. The van der Waals surface area contributed by atoms with E-state index in [1.165, 1.54) is 6.07 Å². The molecule has 0 aliphatic heterocycles. The SMILES string of the molecule is CC(C)CC(NS(=O)(=O)c1cc(F)ccc1Br)C(=O)O. The minimum absolute atomic E-state index is 0.00486. The average molecular weight is 368 g/mol. The lowest BCUT2D eigenvalue weighted by Crippen LogP contribution is -2.41. The summed E-state index contributed by atoms with van der Waals surface area (Å²) in [6.45, 7) is 3.56. The highest BCUT2D eigenvalue weighted by molar-refractivity contribution is 9.10. The molecule has 0 radical (unpaired) electrons. The quantitative estimate of drug-likeness (QED) is 0.808. The highest BCUT2D eigenvalue weighted by Gasteiger charge is 2.27. The fraction of sp³-hybridized carbons (Fsp3) is 0.417. The standard InChI is InChI=1S/C12H15BrFNO4S/c1-7(2)5-10(12(16)17)15-20(18,19)11-6-8(14)3-4-9(11)13/h3-4,6-7,10,15H,5H2,1-2H3,(H,16,17). The van der Waals surface area contributed by atoms with Crippen LogP contribution in [0, 0.1) is 11.7 Å². The van der Waals surface area contributed by atoms with Crippen LogP contribution in [-0.2, 0) is 14.8 Å². The number of carboxylic acid groups (broad SMARTS) is 1. The van der Waals surface area contributed by atoms with Crippen molar-refractivity contribution in [3.8, 4) is 0 Å². The van der Waals surface area contributed by atoms with E-state index in [-0.39, 0.29) is 21.7 Å². The third kappa shape index (κ3) is 4.53. The van der Waals surface area contributed by atoms with Gasteiger partial charge in [0.05, 0.1) is 4.90 Å². The van der Waals surface area contributed by atoms with Gasteiger partial charge in [0, 0.05) is 4.47 Å². The van der Waals surface area contributed by atoms with Crippen LogP contribution in [0.15, 0.2) is 27.6 Å². The predicted molar refractivity (Wildman–Crippen MR) is 75.3 cm³/mol. The van der Waals surface area contributed by atoms with Gasteiger partial charge in [-0.1, -0.05) is 13.8 Å². The van der Waals surface area contributed by atoms with Crippen LogP contribution in [0.2, 0.25) is 0 Å². The predicted octanol–water partition coefficient (Wildman–Crippen LogP) is 2.37. The first kappa shape index (κ1) is 17.1. The maximum atomic E-state index is 13.2. The summed E-state index contributed by atoms with van der Waals surface area (Å²) in [5.74, 6) is -1.99. The zero-order valence-corrected chi connectivity index (χ0v) is 13.3. The second-order valence-electron chi connectivity index (χ2n) is 4.72. The molecule has 0 saturated carbocycles. The van der Waals surface area contributed by atoms with E-state index in [9.17, 15) is 17.6 Å². The molecule has 1 unspecified atom stereocenters. The summed E-state index contributed by atoms with van der Waals surface area (Å²) in [5, 5.41) is 9.04. The molecular formula is C12H15BrFNO4S. The van der Waals surface area contributed by atoms with Gasteiger partial charge in [-0.2, -0.15) is 4.72 Å². The number of hydrogen-bond acceptors (Lipinski definition) is 3. The molecule has 1 aromatic rings. The summed E-state index contributed by atoms with van der Waals surface area (Å²) in [7, 11) is -4.12. The minimum atomic E-state index is -4.12. The number of carbonyl (C=O) groups is 1. The van der Waals surface area contributed by atoms with Crippen molar-refractivity contribution in [1.82, 2.24) is 4.72 Å². The van der Waals surface area contributed by atoms with E-state index >= 15 is 0 Å². The Bertz CT molecular complexity index is 603. The lowest BCUT2D eigenvalue weighted by atomic mass is 10.1. The van der Waals surface area contributed by atoms with Gasteiger partial charge in [0.15, 0.2) is 0 Å². The van der Waals surface area contributed by atoms with E-state index < -0.39 is 27.9 Å². The number of aliphatic carboxylic acids is 1. The third-order valence-corrected chi connectivity index (χ3v) is 4.95. The van der Waals surface area contributed by atoms with Crippen molar-refractivity contribution in [2.45, 2.75) is 31.2 Å². The number of halogens is 2. The van der Waals surface area contributed by atoms with Crippen molar-refractivity contribution in [2.75, 3.05) is 0 Å². The Kier molecular flexibility index (Phi) is 5.67. The number of carboxylic acids is 1. The number of sulfonamides is 1. The Morgan fingerprint density at radius 1 is 1.45 bits per heavy atom. The van der Waals surface area contributed by atoms with Crippen LogP contribution in [0.5, 0.6) is 0 Å². The van der Waals surface area contributed by atoms with E-state index in [1.54, 1.807) is 13.8 Å². The molecule has 1 atom stereocenters. The average Bonchev–Trinajstić information content (AvgIpc) is 2.30. The molecule has 0 aromatic heterocycles. The molecule has 20 heavy (non-hydrogen) atoms. The third-order valence-electron chi connectivity index (χ3n) is 2.49. The van der Waals surface area contributed by atoms with Crippen LogP contribution in [0.4, 0.5) is 4.39 Å². The lowest BCUT2D eigenvalue weighted by Gasteiger charge is -2.17. The normalized spacial score (nSPS) is 13.4. The first-order chi connectivity index (χ1) is 9.13. The number of nitrogens with one attached hydrogen (secondary N) is 1. The van der Waals surface area contributed by atoms with Gasteiger partial charge in [-0.05, 0) is 46.5 Å². The molecule has 0 heterocycles. The van der Waals surface area contributed by atoms with Crippen molar-refractivity contribution in [2.24, 2.45) is 5.92 Å². The van der Waals surface area contributed by atoms with Gasteiger partial charge < -0.3 is 5.11 Å². The van der Waals surface area contributed by atoms with Crippen molar-refractivity contribution < 1.29 is 22.7 Å². The monoisotopic (exact) mass is 367 g/mol. The van der Waals surface area contributed by atoms with Crippen LogP contribution >= 0.6 is 15.9 Å². The summed E-state index contributed by atoms with van der Waals surface area (Å²) < 4.78 is 39.7. The van der Waals surface area contributed by atoms with Crippen molar-refractivity contribution in [1.29, 1.82) is 0 Å². The molecule has 2 N–H and O–H groups in total. The maximum absolute atomic E-state index is 13.2. The van der Waals surface area contributed by atoms with Crippen LogP contribution in [-0.4, -0.2) is 25.5 Å². The topological polar surface area (TPSA) is 83.5 Å². The maximum Gasteiger partial charge on any atom is 0.321 e. The van der Waals surface area contributed by atoms with Crippen LogP contribution in [0.3, 0.4) is 0 Å². The largest absolute Gasteiger partial charge is 0.480 e. The molecule has 0 fully saturated rings. The van der Waals surface area contributed by atoms with E-state index in [0.29, 0.717) is 0 Å². The number of hydrogen-bond donors (Lipinski definition) is 2. The van der Waals surface area contributed by atoms with Crippen molar-refractivity contribution >= 4 is 31.9 Å². The van der Waals surface area contributed by atoms with Gasteiger partial charge in [-0.15, -0.1) is 0 Å². The number of rotatable bonds is 6. The molecule has 0 saturated heterocycles. The van der Waals surface area contributed by atoms with Crippen molar-refractivity contribution in [3.05, 3.63) is 28.5 Å². The van der Waals surface area contributed by atoms with Crippen LogP contribution in [0.1, 0.15) is 20.3 Å². The zero-order valence-electron chi connectivity index (χ0n) is 10.9. The molecule has 112 valence electrons. The Labute approximate surface area is 125 Å². The van der Waals surface area contributed by atoms with Gasteiger partial charge in [0.2, 0.25) is 10.0 Å². The molecule has 0 bridgehead atoms. The molecule has 5 nitrogen and oxygen atoms in total. The highest BCUT2D eigenvalue weighted by Crippen LogP contribution is 2.23. The molecule has 1 aromatic carbocycles. The molecule has 0 amide bonds. The Morgan fingerprint density at radius 2 is 2.05 bits per heavy atom. The van der Waals surface area contributed by atoms with E-state index in [2.05, 4.69) is 20.7 Å². The van der Waals surface area contributed by atoms with Crippen LogP contribution in [0.25, 0.3) is 0 Å². The fourth-order valence-electron chi connectivity index (χ4n) is 1.60. The smallest absolute Gasteiger partial charge is 0.321 e. The number of benzene rings is 1. The summed E-state index contributed by atoms with van der Waals surface area (Å²) in [6.07, 6.45) is 0.140. The van der Waals surface area contributed by atoms with E-state index in [0.717, 1.165) is 12.1 Å². The lowest BCUT2D eigenvalue weighted by molar-refractivity contribution is -0.139. The second-order valence-corrected chi connectivity index (χ2v) is 7.25. The first-order valence-electron chi connectivity index (χ1n) is 5.83. The van der Waals surface area contributed by atoms with Gasteiger partial charge in [0.25, 0.3) is 0 Å². The molecular weight excluding hydrogens is 353 g/mol. The second kappa shape index (κ2) is 6.64. The Hall–Kier alpha value is -0.990. The van der Waals surface area contributed by atoms with Crippen LogP contribution < -0.4 is 4.72 Å². The summed E-state index contributed by atoms with van der Waals surface area (Å²) in [5.41, 5.74) is 0. The van der Waals surface area contributed by atoms with E-state index in [4.69, 9.17) is 5.11 Å². The van der Waals surface area contributed by atoms with Crippen molar-refractivity contribution in [3.63, 3.8) is 0 Å². The van der Waals surface area contributed by atoms with Gasteiger partial charge >= 0.3 is 5.97 Å². The molecule has 0 spiro atoms. The van der Waals surface area contributed by atoms with E-state index in [1.807, 2.05) is 0 Å². The summed E-state index contributed by atoms with van der Waals surface area (Å²) in [4.78, 5) is 10.8. The Morgan fingerprint density at radius 3 is 2.55 bits per heavy atom. The minimum Gasteiger partial charge on any atom is -0.480 e. The summed E-state index contributed by atoms with van der Waals surface area (Å²) >= 11 is 3.01. The molecule has 0 aliphatic carbocycles. The van der Waals surface area contributed by atoms with Gasteiger partial charge in [0.1, 0.15) is 11.9 Å². The molecule has 1 rings (SSSR count). The fourth-order valence-corrected chi connectivity index (χ4v) is 3.78. The van der Waals surface area contributed by atoms with Gasteiger partial charge in [-0.3, -0.25) is 4.79 Å². The Balaban J connectivity index is 3.09. The first-order valence-corrected chi connectivity index (χ1v) is 8.11. The highest BCUT2D eigenvalue weighted by atomic mass is 79.9. The molecule has 8 heteroatoms.